The van der Waals surface area contributed by atoms with Crippen molar-refractivity contribution in [1.82, 2.24) is 0 Å². The molecule has 3 rings (SSSR count). The SMILES string of the molecule is O=C(COc1cccc2ccccc12)Nc1ccc(Br)cc1C(=O)O. The average molecular weight is 400 g/mol. The molecule has 0 saturated carbocycles. The number of amides is 1. The third kappa shape index (κ3) is 3.97. The van der Waals surface area contributed by atoms with Gasteiger partial charge in [-0.3, -0.25) is 4.79 Å². The summed E-state index contributed by atoms with van der Waals surface area (Å²) in [7, 11) is 0. The number of hydrogen-bond donors (Lipinski definition) is 2. The summed E-state index contributed by atoms with van der Waals surface area (Å²) in [5.41, 5.74) is 0.232. The molecule has 0 radical (unpaired) electrons. The third-order valence-corrected chi connectivity index (χ3v) is 4.09. The molecule has 0 unspecified atom stereocenters. The van der Waals surface area contributed by atoms with Gasteiger partial charge in [-0.1, -0.05) is 52.3 Å². The molecular weight excluding hydrogens is 386 g/mol. The molecule has 6 heteroatoms. The van der Waals surface area contributed by atoms with Crippen LogP contribution in [-0.4, -0.2) is 23.6 Å². The van der Waals surface area contributed by atoms with E-state index in [0.29, 0.717) is 10.2 Å². The van der Waals surface area contributed by atoms with Crippen molar-refractivity contribution in [2.24, 2.45) is 0 Å². The average Bonchev–Trinajstić information content (AvgIpc) is 2.61. The number of carbonyl (C=O) groups is 2. The third-order valence-electron chi connectivity index (χ3n) is 3.59. The number of ether oxygens (including phenoxy) is 1. The summed E-state index contributed by atoms with van der Waals surface area (Å²) in [5, 5.41) is 13.7. The summed E-state index contributed by atoms with van der Waals surface area (Å²) in [6.45, 7) is -0.219. The Hall–Kier alpha value is -2.86. The fourth-order valence-electron chi connectivity index (χ4n) is 2.45. The zero-order valence-corrected chi connectivity index (χ0v) is 14.6. The van der Waals surface area contributed by atoms with Crippen LogP contribution in [0.2, 0.25) is 0 Å². The first kappa shape index (κ1) is 17.0. The zero-order valence-electron chi connectivity index (χ0n) is 13.0. The lowest BCUT2D eigenvalue weighted by molar-refractivity contribution is -0.118. The molecule has 0 spiro atoms. The summed E-state index contributed by atoms with van der Waals surface area (Å²) in [6.07, 6.45) is 0. The molecule has 0 bridgehead atoms. The van der Waals surface area contributed by atoms with Crippen molar-refractivity contribution >= 4 is 44.3 Å². The quantitative estimate of drug-likeness (QED) is 0.669. The van der Waals surface area contributed by atoms with Crippen LogP contribution in [0.1, 0.15) is 10.4 Å². The molecule has 0 aliphatic heterocycles. The Morgan fingerprint density at radius 2 is 1.80 bits per heavy atom. The number of anilines is 1. The number of carboxylic acid groups (broad SMARTS) is 1. The first-order valence-corrected chi connectivity index (χ1v) is 8.27. The molecule has 3 aromatic rings. The van der Waals surface area contributed by atoms with Crippen LogP contribution < -0.4 is 10.1 Å². The molecule has 126 valence electrons. The molecule has 0 aliphatic rings. The Labute approximate surface area is 152 Å². The molecule has 0 atom stereocenters. The highest BCUT2D eigenvalue weighted by molar-refractivity contribution is 9.10. The molecule has 1 amide bonds. The number of hydrogen-bond acceptors (Lipinski definition) is 3. The summed E-state index contributed by atoms with van der Waals surface area (Å²) >= 11 is 3.21. The van der Waals surface area contributed by atoms with Gasteiger partial charge in [0.1, 0.15) is 5.75 Å². The van der Waals surface area contributed by atoms with E-state index in [9.17, 15) is 14.7 Å². The molecule has 2 N–H and O–H groups in total. The minimum absolute atomic E-state index is 0.00730. The van der Waals surface area contributed by atoms with Crippen LogP contribution in [-0.2, 0) is 4.79 Å². The number of fused-ring (bicyclic) bond motifs is 1. The van der Waals surface area contributed by atoms with E-state index in [1.807, 2.05) is 36.4 Å². The lowest BCUT2D eigenvalue weighted by atomic mass is 10.1. The largest absolute Gasteiger partial charge is 0.483 e. The highest BCUT2D eigenvalue weighted by atomic mass is 79.9. The summed E-state index contributed by atoms with van der Waals surface area (Å²) in [5.74, 6) is -0.952. The minimum Gasteiger partial charge on any atom is -0.483 e. The van der Waals surface area contributed by atoms with Gasteiger partial charge in [-0.15, -0.1) is 0 Å². The van der Waals surface area contributed by atoms with E-state index in [1.165, 1.54) is 12.1 Å². The Morgan fingerprint density at radius 3 is 2.60 bits per heavy atom. The minimum atomic E-state index is -1.12. The molecule has 0 saturated heterocycles. The maximum absolute atomic E-state index is 12.1. The van der Waals surface area contributed by atoms with Crippen LogP contribution in [0.25, 0.3) is 10.8 Å². The second kappa shape index (κ2) is 7.36. The van der Waals surface area contributed by atoms with Crippen molar-refractivity contribution in [2.45, 2.75) is 0 Å². The Bertz CT molecular complexity index is 950. The standard InChI is InChI=1S/C19H14BrNO4/c20-13-8-9-16(15(10-13)19(23)24)21-18(22)11-25-17-7-3-5-12-4-1-2-6-14(12)17/h1-10H,11H2,(H,21,22)(H,23,24). The van der Waals surface area contributed by atoms with Crippen molar-refractivity contribution in [3.63, 3.8) is 0 Å². The van der Waals surface area contributed by atoms with Gasteiger partial charge in [0.15, 0.2) is 6.61 Å². The topological polar surface area (TPSA) is 75.6 Å². The van der Waals surface area contributed by atoms with Crippen molar-refractivity contribution in [3.8, 4) is 5.75 Å². The molecular formula is C19H14BrNO4. The van der Waals surface area contributed by atoms with E-state index < -0.39 is 11.9 Å². The fourth-order valence-corrected chi connectivity index (χ4v) is 2.81. The monoisotopic (exact) mass is 399 g/mol. The lowest BCUT2D eigenvalue weighted by Crippen LogP contribution is -2.21. The van der Waals surface area contributed by atoms with Crippen molar-refractivity contribution in [3.05, 3.63) is 70.7 Å². The summed E-state index contributed by atoms with van der Waals surface area (Å²) in [4.78, 5) is 23.4. The Morgan fingerprint density at radius 1 is 1.04 bits per heavy atom. The molecule has 5 nitrogen and oxygen atoms in total. The van der Waals surface area contributed by atoms with Gasteiger partial charge in [0, 0.05) is 9.86 Å². The highest BCUT2D eigenvalue weighted by Crippen LogP contribution is 2.25. The van der Waals surface area contributed by atoms with E-state index >= 15 is 0 Å². The van der Waals surface area contributed by atoms with Gasteiger partial charge in [-0.05, 0) is 29.7 Å². The number of rotatable bonds is 5. The van der Waals surface area contributed by atoms with Gasteiger partial charge in [0.25, 0.3) is 5.91 Å². The van der Waals surface area contributed by atoms with Crippen molar-refractivity contribution in [2.75, 3.05) is 11.9 Å². The van der Waals surface area contributed by atoms with Crippen LogP contribution in [0.15, 0.2) is 65.1 Å². The fraction of sp³-hybridized carbons (Fsp3) is 0.0526. The predicted molar refractivity (Wildman–Crippen MR) is 99.2 cm³/mol. The normalized spacial score (nSPS) is 10.4. The Balaban J connectivity index is 1.72. The van der Waals surface area contributed by atoms with Crippen LogP contribution in [0, 0.1) is 0 Å². The highest BCUT2D eigenvalue weighted by Gasteiger charge is 2.13. The first-order valence-electron chi connectivity index (χ1n) is 7.48. The van der Waals surface area contributed by atoms with Gasteiger partial charge >= 0.3 is 5.97 Å². The second-order valence-electron chi connectivity index (χ2n) is 5.31. The van der Waals surface area contributed by atoms with Crippen LogP contribution in [0.3, 0.4) is 0 Å². The van der Waals surface area contributed by atoms with Crippen LogP contribution in [0.5, 0.6) is 5.75 Å². The molecule has 0 aliphatic carbocycles. The van der Waals surface area contributed by atoms with Gasteiger partial charge in [0.2, 0.25) is 0 Å². The predicted octanol–water partition coefficient (Wildman–Crippen LogP) is 4.32. The number of nitrogens with one attached hydrogen (secondary N) is 1. The van der Waals surface area contributed by atoms with E-state index in [1.54, 1.807) is 12.1 Å². The molecule has 0 fully saturated rings. The summed E-state index contributed by atoms with van der Waals surface area (Å²) < 4.78 is 6.23. The number of halogens is 1. The number of benzene rings is 3. The maximum Gasteiger partial charge on any atom is 0.337 e. The van der Waals surface area contributed by atoms with Gasteiger partial charge in [-0.25, -0.2) is 4.79 Å². The lowest BCUT2D eigenvalue weighted by Gasteiger charge is -2.11. The van der Waals surface area contributed by atoms with E-state index in [4.69, 9.17) is 4.74 Å². The smallest absolute Gasteiger partial charge is 0.337 e. The van der Waals surface area contributed by atoms with E-state index in [2.05, 4.69) is 21.2 Å². The van der Waals surface area contributed by atoms with Gasteiger partial charge in [-0.2, -0.15) is 0 Å². The van der Waals surface area contributed by atoms with Gasteiger partial charge in [0.05, 0.1) is 11.3 Å². The first-order chi connectivity index (χ1) is 12.0. The van der Waals surface area contributed by atoms with Crippen molar-refractivity contribution in [1.29, 1.82) is 0 Å². The number of carbonyl (C=O) groups excluding carboxylic acids is 1. The van der Waals surface area contributed by atoms with Crippen LogP contribution >= 0.6 is 15.9 Å². The Kier molecular flexibility index (Phi) is 5.00. The van der Waals surface area contributed by atoms with Gasteiger partial charge < -0.3 is 15.2 Å². The molecule has 0 heterocycles. The maximum atomic E-state index is 12.1. The second-order valence-corrected chi connectivity index (χ2v) is 6.22. The van der Waals surface area contributed by atoms with Crippen molar-refractivity contribution < 1.29 is 19.4 Å². The molecule has 3 aromatic carbocycles. The number of aromatic carboxylic acids is 1. The van der Waals surface area contributed by atoms with Crippen LogP contribution in [0.4, 0.5) is 5.69 Å². The molecule has 25 heavy (non-hydrogen) atoms. The summed E-state index contributed by atoms with van der Waals surface area (Å²) in [6, 6.07) is 17.9. The zero-order chi connectivity index (χ0) is 17.8. The number of carboxylic acids is 1. The van der Waals surface area contributed by atoms with E-state index in [-0.39, 0.29) is 17.9 Å². The molecule has 0 aromatic heterocycles. The van der Waals surface area contributed by atoms with E-state index in [0.717, 1.165) is 10.8 Å².